The summed E-state index contributed by atoms with van der Waals surface area (Å²) in [4.78, 5) is 25.7. The number of carbonyl (C=O) groups excluding carboxylic acids is 2. The maximum absolute atomic E-state index is 12.3. The van der Waals surface area contributed by atoms with Crippen LogP contribution in [0.5, 0.6) is 0 Å². The number of rotatable bonds is 4. The van der Waals surface area contributed by atoms with Crippen LogP contribution in [0, 0.1) is 3.57 Å². The van der Waals surface area contributed by atoms with E-state index >= 15 is 0 Å². The molecule has 0 saturated carbocycles. The summed E-state index contributed by atoms with van der Waals surface area (Å²) in [5.41, 5.74) is 1.07. The topological polar surface area (TPSA) is 49.4 Å². The molecule has 0 aromatic heterocycles. The van der Waals surface area contributed by atoms with Gasteiger partial charge in [-0.05, 0) is 59.0 Å². The third kappa shape index (κ3) is 5.09. The van der Waals surface area contributed by atoms with Gasteiger partial charge in [0.05, 0.1) is 16.6 Å². The lowest BCUT2D eigenvalue weighted by atomic mass is 10.2. The molecule has 2 aromatic carbocycles. The second-order valence-corrected chi connectivity index (χ2v) is 6.91. The first kappa shape index (κ1) is 18.0. The lowest BCUT2D eigenvalue weighted by Gasteiger charge is -2.17. The molecule has 2 aromatic rings. The Morgan fingerprint density at radius 3 is 2.52 bits per heavy atom. The quantitative estimate of drug-likeness (QED) is 0.688. The van der Waals surface area contributed by atoms with Crippen molar-refractivity contribution in [2.24, 2.45) is 0 Å². The minimum atomic E-state index is -0.315. The van der Waals surface area contributed by atoms with Gasteiger partial charge in [-0.1, -0.05) is 29.3 Å². The standard InChI is InChI=1S/C16H13Cl2IN2O2/c1-21(16(23)10-3-2-4-11(19)7-10)9-15(22)20-12-5-6-13(17)14(18)8-12/h2-8H,9H2,1H3,(H,20,22). The van der Waals surface area contributed by atoms with Crippen LogP contribution in [0.3, 0.4) is 0 Å². The van der Waals surface area contributed by atoms with Crippen molar-refractivity contribution in [3.63, 3.8) is 0 Å². The van der Waals surface area contributed by atoms with Crippen LogP contribution in [0.15, 0.2) is 42.5 Å². The van der Waals surface area contributed by atoms with Crippen molar-refractivity contribution in [2.45, 2.75) is 0 Å². The molecule has 120 valence electrons. The van der Waals surface area contributed by atoms with Crippen LogP contribution >= 0.6 is 45.8 Å². The highest BCUT2D eigenvalue weighted by atomic mass is 127. The molecule has 2 amide bonds. The van der Waals surface area contributed by atoms with Gasteiger partial charge in [-0.2, -0.15) is 0 Å². The van der Waals surface area contributed by atoms with Crippen molar-refractivity contribution in [3.05, 3.63) is 61.6 Å². The van der Waals surface area contributed by atoms with Crippen LogP contribution in [0.1, 0.15) is 10.4 Å². The van der Waals surface area contributed by atoms with Gasteiger partial charge in [0.1, 0.15) is 0 Å². The lowest BCUT2D eigenvalue weighted by Crippen LogP contribution is -2.34. The summed E-state index contributed by atoms with van der Waals surface area (Å²) in [6, 6.07) is 12.0. The van der Waals surface area contributed by atoms with Gasteiger partial charge in [0.2, 0.25) is 5.91 Å². The number of anilines is 1. The number of halogens is 3. The lowest BCUT2D eigenvalue weighted by molar-refractivity contribution is -0.116. The van der Waals surface area contributed by atoms with Gasteiger partial charge in [-0.15, -0.1) is 0 Å². The average molecular weight is 463 g/mol. The van der Waals surface area contributed by atoms with E-state index in [1.54, 1.807) is 43.4 Å². The van der Waals surface area contributed by atoms with E-state index in [2.05, 4.69) is 27.9 Å². The fourth-order valence-corrected chi connectivity index (χ4v) is 2.74. The first-order valence-corrected chi connectivity index (χ1v) is 8.46. The van der Waals surface area contributed by atoms with Crippen molar-refractivity contribution in [1.82, 2.24) is 4.90 Å². The van der Waals surface area contributed by atoms with Crippen LogP contribution in [0.2, 0.25) is 10.0 Å². The minimum absolute atomic E-state index is 0.0649. The van der Waals surface area contributed by atoms with Gasteiger partial charge in [-0.25, -0.2) is 0 Å². The predicted molar refractivity (Wildman–Crippen MR) is 101 cm³/mol. The zero-order valence-corrected chi connectivity index (χ0v) is 15.8. The number of benzene rings is 2. The third-order valence-corrected chi connectivity index (χ3v) is 4.41. The SMILES string of the molecule is CN(CC(=O)Nc1ccc(Cl)c(Cl)c1)C(=O)c1cccc(I)c1. The molecule has 4 nitrogen and oxygen atoms in total. The Bertz CT molecular complexity index is 753. The van der Waals surface area contributed by atoms with Gasteiger partial charge in [-0.3, -0.25) is 9.59 Å². The zero-order valence-electron chi connectivity index (χ0n) is 12.1. The summed E-state index contributed by atoms with van der Waals surface area (Å²) in [7, 11) is 1.58. The highest BCUT2D eigenvalue weighted by Crippen LogP contribution is 2.24. The van der Waals surface area contributed by atoms with Crippen molar-refractivity contribution >= 4 is 63.3 Å². The van der Waals surface area contributed by atoms with Gasteiger partial charge >= 0.3 is 0 Å². The molecule has 0 unspecified atom stereocenters. The fraction of sp³-hybridized carbons (Fsp3) is 0.125. The van der Waals surface area contributed by atoms with E-state index in [-0.39, 0.29) is 18.4 Å². The van der Waals surface area contributed by atoms with Crippen LogP contribution in [0.4, 0.5) is 5.69 Å². The molecular formula is C16H13Cl2IN2O2. The molecule has 0 spiro atoms. The van der Waals surface area contributed by atoms with Gasteiger partial charge in [0, 0.05) is 21.9 Å². The van der Waals surface area contributed by atoms with E-state index in [0.29, 0.717) is 21.3 Å². The summed E-state index contributed by atoms with van der Waals surface area (Å²) >= 11 is 13.9. The Kier molecular flexibility index (Phi) is 6.26. The van der Waals surface area contributed by atoms with Gasteiger partial charge in [0.25, 0.3) is 5.91 Å². The second-order valence-electron chi connectivity index (χ2n) is 4.85. The van der Waals surface area contributed by atoms with Crippen LogP contribution < -0.4 is 5.32 Å². The molecule has 0 heterocycles. The molecule has 0 fully saturated rings. The number of amides is 2. The Hall–Kier alpha value is -1.31. The highest BCUT2D eigenvalue weighted by molar-refractivity contribution is 14.1. The normalized spacial score (nSPS) is 10.3. The Labute approximate surface area is 157 Å². The number of carbonyl (C=O) groups is 2. The highest BCUT2D eigenvalue weighted by Gasteiger charge is 2.15. The average Bonchev–Trinajstić information content (AvgIpc) is 2.50. The van der Waals surface area contributed by atoms with E-state index in [9.17, 15) is 9.59 Å². The van der Waals surface area contributed by atoms with Crippen LogP contribution in [-0.2, 0) is 4.79 Å². The Balaban J connectivity index is 1.99. The van der Waals surface area contributed by atoms with Crippen LogP contribution in [-0.4, -0.2) is 30.3 Å². The molecular weight excluding hydrogens is 450 g/mol. The molecule has 7 heteroatoms. The summed E-state index contributed by atoms with van der Waals surface area (Å²) < 4.78 is 0.960. The molecule has 1 N–H and O–H groups in total. The molecule has 0 atom stereocenters. The van der Waals surface area contributed by atoms with Crippen LogP contribution in [0.25, 0.3) is 0 Å². The summed E-state index contributed by atoms with van der Waals surface area (Å²) in [5.74, 6) is -0.530. The molecule has 0 aliphatic heterocycles. The van der Waals surface area contributed by atoms with E-state index in [1.165, 1.54) is 4.90 Å². The maximum atomic E-state index is 12.3. The number of likely N-dealkylation sites (N-methyl/N-ethyl adjacent to an activating group) is 1. The molecule has 0 aliphatic carbocycles. The summed E-state index contributed by atoms with van der Waals surface area (Å²) in [6.07, 6.45) is 0. The number of nitrogens with zero attached hydrogens (tertiary/aromatic N) is 1. The molecule has 0 radical (unpaired) electrons. The number of hydrogen-bond donors (Lipinski definition) is 1. The first-order valence-electron chi connectivity index (χ1n) is 6.63. The molecule has 23 heavy (non-hydrogen) atoms. The fourth-order valence-electron chi connectivity index (χ4n) is 1.90. The first-order chi connectivity index (χ1) is 10.9. The van der Waals surface area contributed by atoms with E-state index in [4.69, 9.17) is 23.2 Å². The largest absolute Gasteiger partial charge is 0.332 e. The predicted octanol–water partition coefficient (Wildman–Crippen LogP) is 4.31. The van der Waals surface area contributed by atoms with Crippen molar-refractivity contribution in [3.8, 4) is 0 Å². The Morgan fingerprint density at radius 1 is 1.13 bits per heavy atom. The molecule has 0 saturated heterocycles. The number of hydrogen-bond acceptors (Lipinski definition) is 2. The number of nitrogens with one attached hydrogen (secondary N) is 1. The minimum Gasteiger partial charge on any atom is -0.332 e. The summed E-state index contributed by atoms with van der Waals surface area (Å²) in [5, 5.41) is 3.45. The third-order valence-electron chi connectivity index (χ3n) is 3.00. The monoisotopic (exact) mass is 462 g/mol. The zero-order chi connectivity index (χ0) is 17.0. The Morgan fingerprint density at radius 2 is 1.87 bits per heavy atom. The van der Waals surface area contributed by atoms with Crippen molar-refractivity contribution in [1.29, 1.82) is 0 Å². The van der Waals surface area contributed by atoms with Gasteiger partial charge in [0.15, 0.2) is 0 Å². The molecule has 0 aliphatic rings. The summed E-state index contributed by atoms with van der Waals surface area (Å²) in [6.45, 7) is -0.0649. The molecule has 2 rings (SSSR count). The van der Waals surface area contributed by atoms with Crippen molar-refractivity contribution in [2.75, 3.05) is 18.9 Å². The smallest absolute Gasteiger partial charge is 0.254 e. The van der Waals surface area contributed by atoms with Crippen molar-refractivity contribution < 1.29 is 9.59 Å². The van der Waals surface area contributed by atoms with E-state index < -0.39 is 0 Å². The van der Waals surface area contributed by atoms with E-state index in [0.717, 1.165) is 3.57 Å². The van der Waals surface area contributed by atoms with E-state index in [1.807, 2.05) is 6.07 Å². The maximum Gasteiger partial charge on any atom is 0.254 e. The van der Waals surface area contributed by atoms with Gasteiger partial charge < -0.3 is 10.2 Å². The second kappa shape index (κ2) is 7.99. The molecule has 0 bridgehead atoms.